The quantitative estimate of drug-likeness (QED) is 0.695. The minimum Gasteiger partial charge on any atom is -0.342 e. The maximum Gasteiger partial charge on any atom is 0.275 e. The lowest BCUT2D eigenvalue weighted by atomic mass is 10.1. The Kier molecular flexibility index (Phi) is 7.18. The molecule has 0 bridgehead atoms. The fraction of sp³-hybridized carbons (Fsp3) is 0.300. The van der Waals surface area contributed by atoms with Gasteiger partial charge in [-0.1, -0.05) is 35.9 Å². The van der Waals surface area contributed by atoms with Crippen molar-refractivity contribution in [1.82, 2.24) is 5.32 Å². The number of carbonyl (C=O) groups excluding carboxylic acids is 2. The van der Waals surface area contributed by atoms with Crippen LogP contribution in [0.2, 0.25) is 5.02 Å². The second-order valence-electron chi connectivity index (χ2n) is 6.36. The van der Waals surface area contributed by atoms with Gasteiger partial charge in [0, 0.05) is 16.3 Å². The molecule has 2 aromatic carbocycles. The Hall–Kier alpha value is -2.37. The molecule has 2 amide bonds. The molecule has 6 heteroatoms. The summed E-state index contributed by atoms with van der Waals surface area (Å²) in [6.07, 6.45) is 0. The Labute approximate surface area is 159 Å². The Bertz CT molecular complexity index is 792. The van der Waals surface area contributed by atoms with Crippen LogP contribution in [0.1, 0.15) is 29.7 Å². The van der Waals surface area contributed by atoms with Crippen molar-refractivity contribution in [3.63, 3.8) is 0 Å². The molecule has 0 aromatic heterocycles. The third-order valence-electron chi connectivity index (χ3n) is 4.36. The number of carbonyl (C=O) groups is 2. The van der Waals surface area contributed by atoms with E-state index in [2.05, 4.69) is 10.6 Å². The standard InChI is InChI=1S/C20H24ClN3O2/c1-13-6-4-9-18(14(13)2)24-20(26)12-23-19(25)11-22-15(3)16-7-5-8-17(21)10-16/h4-10,15,22H,11-12H2,1-3H3,(H,23,25)(H,24,26)/p+1/t15-/m0/s1. The number of nitrogens with one attached hydrogen (secondary N) is 2. The van der Waals surface area contributed by atoms with Crippen LogP contribution >= 0.6 is 11.6 Å². The second kappa shape index (κ2) is 9.36. The number of anilines is 1. The van der Waals surface area contributed by atoms with Gasteiger partial charge in [0.25, 0.3) is 5.91 Å². The minimum absolute atomic E-state index is 0.0500. The first-order valence-corrected chi connectivity index (χ1v) is 8.96. The maximum atomic E-state index is 12.0. The van der Waals surface area contributed by atoms with Crippen LogP contribution in [0.15, 0.2) is 42.5 Å². The van der Waals surface area contributed by atoms with Gasteiger partial charge in [-0.2, -0.15) is 0 Å². The number of hydrogen-bond acceptors (Lipinski definition) is 2. The molecule has 0 saturated carbocycles. The summed E-state index contributed by atoms with van der Waals surface area (Å²) in [5.74, 6) is -0.426. The van der Waals surface area contributed by atoms with Gasteiger partial charge in [0.1, 0.15) is 6.04 Å². The zero-order valence-electron chi connectivity index (χ0n) is 15.3. The molecule has 2 rings (SSSR count). The van der Waals surface area contributed by atoms with Gasteiger partial charge >= 0.3 is 0 Å². The van der Waals surface area contributed by atoms with Gasteiger partial charge in [-0.05, 0) is 50.1 Å². The van der Waals surface area contributed by atoms with Crippen molar-refractivity contribution in [2.75, 3.05) is 18.4 Å². The lowest BCUT2D eigenvalue weighted by molar-refractivity contribution is -0.682. The molecule has 5 nitrogen and oxygen atoms in total. The van der Waals surface area contributed by atoms with Crippen LogP contribution in [0.4, 0.5) is 5.69 Å². The SMILES string of the molecule is Cc1cccc(NC(=O)CNC(=O)C[NH2+][C@@H](C)c2cccc(Cl)c2)c1C. The average molecular weight is 375 g/mol. The van der Waals surface area contributed by atoms with Crippen molar-refractivity contribution in [2.24, 2.45) is 0 Å². The fourth-order valence-corrected chi connectivity index (χ4v) is 2.74. The summed E-state index contributed by atoms with van der Waals surface area (Å²) in [5.41, 5.74) is 3.95. The Balaban J connectivity index is 1.76. The maximum absolute atomic E-state index is 12.0. The molecule has 0 aliphatic rings. The summed E-state index contributed by atoms with van der Waals surface area (Å²) in [5, 5.41) is 8.05. The molecule has 0 saturated heterocycles. The predicted octanol–water partition coefficient (Wildman–Crippen LogP) is 2.34. The van der Waals surface area contributed by atoms with E-state index in [4.69, 9.17) is 11.6 Å². The van der Waals surface area contributed by atoms with Gasteiger partial charge in [0.2, 0.25) is 5.91 Å². The molecule has 0 radical (unpaired) electrons. The molecule has 2 aromatic rings. The summed E-state index contributed by atoms with van der Waals surface area (Å²) in [7, 11) is 0. The topological polar surface area (TPSA) is 74.8 Å². The smallest absolute Gasteiger partial charge is 0.275 e. The van der Waals surface area contributed by atoms with Gasteiger partial charge in [-0.15, -0.1) is 0 Å². The van der Waals surface area contributed by atoms with Gasteiger partial charge in [0.05, 0.1) is 6.54 Å². The van der Waals surface area contributed by atoms with Crippen molar-refractivity contribution < 1.29 is 14.9 Å². The van der Waals surface area contributed by atoms with E-state index in [1.54, 1.807) is 0 Å². The molecule has 0 aliphatic heterocycles. The van der Waals surface area contributed by atoms with Crippen LogP contribution in [0.5, 0.6) is 0 Å². The molecule has 0 aliphatic carbocycles. The van der Waals surface area contributed by atoms with Crippen LogP contribution in [0, 0.1) is 13.8 Å². The summed E-state index contributed by atoms with van der Waals surface area (Å²) >= 11 is 5.99. The number of halogens is 1. The number of benzene rings is 2. The average Bonchev–Trinajstić information content (AvgIpc) is 2.61. The van der Waals surface area contributed by atoms with Crippen LogP contribution in [-0.4, -0.2) is 24.9 Å². The number of quaternary nitrogens is 1. The Morgan fingerprint density at radius 3 is 2.58 bits per heavy atom. The zero-order chi connectivity index (χ0) is 19.1. The monoisotopic (exact) mass is 374 g/mol. The predicted molar refractivity (Wildman–Crippen MR) is 104 cm³/mol. The Morgan fingerprint density at radius 2 is 1.85 bits per heavy atom. The third-order valence-corrected chi connectivity index (χ3v) is 4.59. The van der Waals surface area contributed by atoms with Gasteiger partial charge in [-0.3, -0.25) is 9.59 Å². The van der Waals surface area contributed by atoms with E-state index in [1.807, 2.05) is 68.6 Å². The van der Waals surface area contributed by atoms with Crippen LogP contribution < -0.4 is 16.0 Å². The highest BCUT2D eigenvalue weighted by Crippen LogP contribution is 2.17. The highest BCUT2D eigenvalue weighted by atomic mass is 35.5. The van der Waals surface area contributed by atoms with Gasteiger partial charge < -0.3 is 16.0 Å². The molecule has 4 N–H and O–H groups in total. The molecule has 0 unspecified atom stereocenters. The van der Waals surface area contributed by atoms with Gasteiger partial charge in [-0.25, -0.2) is 0 Å². The first-order chi connectivity index (χ1) is 12.4. The summed E-state index contributed by atoms with van der Waals surface area (Å²) in [6.45, 7) is 6.14. The Morgan fingerprint density at radius 1 is 1.12 bits per heavy atom. The number of nitrogens with two attached hydrogens (primary N) is 1. The molecular weight excluding hydrogens is 350 g/mol. The summed E-state index contributed by atoms with van der Waals surface area (Å²) in [4.78, 5) is 24.0. The second-order valence-corrected chi connectivity index (χ2v) is 6.79. The van der Waals surface area contributed by atoms with Crippen molar-refractivity contribution in [1.29, 1.82) is 0 Å². The van der Waals surface area contributed by atoms with E-state index in [9.17, 15) is 9.59 Å². The van der Waals surface area contributed by atoms with Crippen LogP contribution in [-0.2, 0) is 9.59 Å². The molecule has 0 heterocycles. The molecule has 1 atom stereocenters. The first kappa shape index (κ1) is 19.9. The summed E-state index contributed by atoms with van der Waals surface area (Å²) in [6, 6.07) is 13.4. The third kappa shape index (κ3) is 5.86. The van der Waals surface area contributed by atoms with E-state index in [0.29, 0.717) is 5.02 Å². The number of hydrogen-bond donors (Lipinski definition) is 3. The highest BCUT2D eigenvalue weighted by Gasteiger charge is 2.13. The van der Waals surface area contributed by atoms with E-state index >= 15 is 0 Å². The highest BCUT2D eigenvalue weighted by molar-refractivity contribution is 6.30. The number of rotatable bonds is 7. The van der Waals surface area contributed by atoms with Gasteiger partial charge in [0.15, 0.2) is 6.54 Å². The molecule has 0 spiro atoms. The first-order valence-electron chi connectivity index (χ1n) is 8.58. The summed E-state index contributed by atoms with van der Waals surface area (Å²) < 4.78 is 0. The van der Waals surface area contributed by atoms with E-state index in [-0.39, 0.29) is 30.9 Å². The zero-order valence-corrected chi connectivity index (χ0v) is 16.1. The van der Waals surface area contributed by atoms with Crippen molar-refractivity contribution in [2.45, 2.75) is 26.8 Å². The van der Waals surface area contributed by atoms with Crippen molar-refractivity contribution in [3.05, 3.63) is 64.2 Å². The number of aryl methyl sites for hydroxylation is 1. The minimum atomic E-state index is -0.241. The number of amides is 2. The molecule has 0 fully saturated rings. The van der Waals surface area contributed by atoms with Crippen LogP contribution in [0.3, 0.4) is 0 Å². The molecular formula is C20H25ClN3O2+. The molecule has 138 valence electrons. The van der Waals surface area contributed by atoms with Crippen molar-refractivity contribution in [3.8, 4) is 0 Å². The van der Waals surface area contributed by atoms with E-state index in [1.165, 1.54) is 0 Å². The van der Waals surface area contributed by atoms with E-state index < -0.39 is 0 Å². The lowest BCUT2D eigenvalue weighted by Crippen LogP contribution is -2.87. The normalized spacial score (nSPS) is 11.7. The lowest BCUT2D eigenvalue weighted by Gasteiger charge is -2.12. The largest absolute Gasteiger partial charge is 0.342 e. The fourth-order valence-electron chi connectivity index (χ4n) is 2.54. The van der Waals surface area contributed by atoms with E-state index in [0.717, 1.165) is 22.4 Å². The molecule has 26 heavy (non-hydrogen) atoms. The van der Waals surface area contributed by atoms with Crippen molar-refractivity contribution >= 4 is 29.1 Å². The van der Waals surface area contributed by atoms with Crippen LogP contribution in [0.25, 0.3) is 0 Å².